The lowest BCUT2D eigenvalue weighted by atomic mass is 10.1. The van der Waals surface area contributed by atoms with Gasteiger partial charge in [0, 0.05) is 18.3 Å². The molecular formula is C20H31N3O7. The van der Waals surface area contributed by atoms with E-state index in [4.69, 9.17) is 14.2 Å². The van der Waals surface area contributed by atoms with Crippen molar-refractivity contribution in [3.8, 4) is 0 Å². The van der Waals surface area contributed by atoms with Gasteiger partial charge in [-0.15, -0.1) is 0 Å². The van der Waals surface area contributed by atoms with Gasteiger partial charge in [-0.3, -0.25) is 4.90 Å². The molecule has 30 heavy (non-hydrogen) atoms. The third-order valence-corrected chi connectivity index (χ3v) is 4.44. The van der Waals surface area contributed by atoms with Crippen molar-refractivity contribution < 1.29 is 33.7 Å². The van der Waals surface area contributed by atoms with Crippen LogP contribution in [-0.4, -0.2) is 64.8 Å². The lowest BCUT2D eigenvalue weighted by Crippen LogP contribution is -2.48. The summed E-state index contributed by atoms with van der Waals surface area (Å²) in [5.74, 6) is -0.913. The van der Waals surface area contributed by atoms with Crippen LogP contribution in [0, 0.1) is 5.92 Å². The lowest BCUT2D eigenvalue weighted by Gasteiger charge is -2.28. The highest BCUT2D eigenvalue weighted by Crippen LogP contribution is 2.25. The third kappa shape index (κ3) is 6.46. The molecule has 10 heteroatoms. The summed E-state index contributed by atoms with van der Waals surface area (Å²) in [6, 6.07) is -1.34. The SMILES string of the molecule is C=C1C=CN([C@@H]2CC(O)[C@H](COC(=O)C(NC(=O)OC(C)(C)C)C(C)C)O2)C(=O)N1. The van der Waals surface area contributed by atoms with E-state index < -0.39 is 48.2 Å². The molecule has 4 atom stereocenters. The van der Waals surface area contributed by atoms with Gasteiger partial charge in [-0.1, -0.05) is 20.4 Å². The van der Waals surface area contributed by atoms with Crippen molar-refractivity contribution in [3.05, 3.63) is 24.6 Å². The largest absolute Gasteiger partial charge is 0.461 e. The number of nitrogens with one attached hydrogen (secondary N) is 2. The molecule has 0 aromatic carbocycles. The maximum Gasteiger partial charge on any atom is 0.408 e. The van der Waals surface area contributed by atoms with Crippen molar-refractivity contribution in [2.45, 2.75) is 71.1 Å². The maximum absolute atomic E-state index is 12.5. The molecule has 2 rings (SSSR count). The number of hydrogen-bond donors (Lipinski definition) is 3. The predicted molar refractivity (Wildman–Crippen MR) is 107 cm³/mol. The number of esters is 1. The fourth-order valence-electron chi connectivity index (χ4n) is 2.93. The van der Waals surface area contributed by atoms with Crippen LogP contribution >= 0.6 is 0 Å². The number of rotatable bonds is 6. The highest BCUT2D eigenvalue weighted by Gasteiger charge is 2.40. The number of ether oxygens (including phenoxy) is 3. The standard InChI is InChI=1S/C20H31N3O7/c1-11(2)16(22-19(27)30-20(4,5)6)17(25)28-10-14-13(24)9-15(29-14)23-8-7-12(3)21-18(23)26/h7-8,11,13-16,24H,3,9-10H2,1-2,4-6H3,(H,21,26)(H,22,27)/t13?,14-,15-,16?/m0/s1. The molecule has 0 aromatic rings. The molecule has 2 unspecified atom stereocenters. The molecular weight excluding hydrogens is 394 g/mol. The monoisotopic (exact) mass is 425 g/mol. The summed E-state index contributed by atoms with van der Waals surface area (Å²) < 4.78 is 16.2. The van der Waals surface area contributed by atoms with Gasteiger partial charge in [-0.2, -0.15) is 0 Å². The quantitative estimate of drug-likeness (QED) is 0.552. The van der Waals surface area contributed by atoms with Crippen LogP contribution in [0.25, 0.3) is 0 Å². The number of nitrogens with zero attached hydrogens (tertiary/aromatic N) is 1. The number of carbonyl (C=O) groups excluding carboxylic acids is 3. The van der Waals surface area contributed by atoms with Crippen LogP contribution in [0.15, 0.2) is 24.6 Å². The van der Waals surface area contributed by atoms with Gasteiger partial charge in [0.2, 0.25) is 0 Å². The number of urea groups is 1. The normalized spacial score (nSPS) is 25.2. The van der Waals surface area contributed by atoms with Gasteiger partial charge in [-0.25, -0.2) is 14.4 Å². The number of allylic oxidation sites excluding steroid dienone is 1. The van der Waals surface area contributed by atoms with E-state index in [1.165, 1.54) is 11.1 Å². The molecule has 3 amide bonds. The molecule has 168 valence electrons. The van der Waals surface area contributed by atoms with Gasteiger partial charge in [0.15, 0.2) is 0 Å². The van der Waals surface area contributed by atoms with Gasteiger partial charge in [0.05, 0.1) is 6.10 Å². The molecule has 0 aliphatic carbocycles. The summed E-state index contributed by atoms with van der Waals surface area (Å²) in [5.41, 5.74) is -0.245. The maximum atomic E-state index is 12.5. The van der Waals surface area contributed by atoms with E-state index in [-0.39, 0.29) is 18.9 Å². The van der Waals surface area contributed by atoms with Crippen molar-refractivity contribution in [1.29, 1.82) is 0 Å². The second kappa shape index (κ2) is 9.48. The number of aliphatic hydroxyl groups is 1. The highest BCUT2D eigenvalue weighted by atomic mass is 16.6. The molecule has 3 N–H and O–H groups in total. The average Bonchev–Trinajstić information content (AvgIpc) is 2.96. The number of hydrogen-bond acceptors (Lipinski definition) is 7. The van der Waals surface area contributed by atoms with E-state index in [1.54, 1.807) is 40.7 Å². The molecule has 2 heterocycles. The van der Waals surface area contributed by atoms with Crippen LogP contribution < -0.4 is 10.6 Å². The number of carbonyl (C=O) groups is 3. The van der Waals surface area contributed by atoms with Crippen molar-refractivity contribution in [2.75, 3.05) is 6.61 Å². The zero-order chi connectivity index (χ0) is 22.6. The lowest BCUT2D eigenvalue weighted by molar-refractivity contribution is -0.154. The van der Waals surface area contributed by atoms with Gasteiger partial charge in [0.25, 0.3) is 0 Å². The number of aliphatic hydroxyl groups excluding tert-OH is 1. The summed E-state index contributed by atoms with van der Waals surface area (Å²) in [6.45, 7) is 12.1. The van der Waals surface area contributed by atoms with Gasteiger partial charge in [-0.05, 0) is 32.8 Å². The first-order chi connectivity index (χ1) is 13.9. The minimum atomic E-state index is -0.926. The Kier molecular flexibility index (Phi) is 7.49. The van der Waals surface area contributed by atoms with Crippen LogP contribution in [0.1, 0.15) is 41.0 Å². The summed E-state index contributed by atoms with van der Waals surface area (Å²) >= 11 is 0. The van der Waals surface area contributed by atoms with Crippen molar-refractivity contribution in [1.82, 2.24) is 15.5 Å². The van der Waals surface area contributed by atoms with Crippen LogP contribution in [0.2, 0.25) is 0 Å². The number of amides is 3. The molecule has 1 fully saturated rings. The first-order valence-corrected chi connectivity index (χ1v) is 9.83. The van der Waals surface area contributed by atoms with Crippen LogP contribution in [0.4, 0.5) is 9.59 Å². The molecule has 2 aliphatic heterocycles. The van der Waals surface area contributed by atoms with Crippen LogP contribution in [-0.2, 0) is 19.0 Å². The van der Waals surface area contributed by atoms with Crippen LogP contribution in [0.5, 0.6) is 0 Å². The minimum Gasteiger partial charge on any atom is -0.461 e. The van der Waals surface area contributed by atoms with E-state index in [0.717, 1.165) is 0 Å². The summed E-state index contributed by atoms with van der Waals surface area (Å²) in [6.07, 6.45) is 0.140. The second-order valence-corrected chi connectivity index (χ2v) is 8.61. The zero-order valence-corrected chi connectivity index (χ0v) is 18.0. The van der Waals surface area contributed by atoms with Crippen molar-refractivity contribution >= 4 is 18.1 Å². The van der Waals surface area contributed by atoms with Gasteiger partial charge in [0.1, 0.15) is 30.6 Å². The number of alkyl carbamates (subject to hydrolysis) is 1. The van der Waals surface area contributed by atoms with E-state index in [1.807, 2.05) is 0 Å². The van der Waals surface area contributed by atoms with E-state index >= 15 is 0 Å². The molecule has 0 spiro atoms. The first-order valence-electron chi connectivity index (χ1n) is 9.83. The first kappa shape index (κ1) is 23.7. The summed E-state index contributed by atoms with van der Waals surface area (Å²) in [7, 11) is 0. The van der Waals surface area contributed by atoms with Gasteiger partial charge >= 0.3 is 18.1 Å². The Balaban J connectivity index is 1.90. The summed E-state index contributed by atoms with van der Waals surface area (Å²) in [4.78, 5) is 37.8. The van der Waals surface area contributed by atoms with Crippen LogP contribution in [0.3, 0.4) is 0 Å². The molecule has 0 bridgehead atoms. The Hall–Kier alpha value is -2.59. The molecule has 1 saturated heterocycles. The Morgan fingerprint density at radius 2 is 2.10 bits per heavy atom. The second-order valence-electron chi connectivity index (χ2n) is 8.61. The average molecular weight is 425 g/mol. The molecule has 2 aliphatic rings. The Labute approximate surface area is 176 Å². The van der Waals surface area contributed by atoms with E-state index in [2.05, 4.69) is 17.2 Å². The van der Waals surface area contributed by atoms with Crippen molar-refractivity contribution in [2.24, 2.45) is 5.92 Å². The molecule has 0 radical (unpaired) electrons. The Morgan fingerprint density at radius 1 is 1.43 bits per heavy atom. The zero-order valence-electron chi connectivity index (χ0n) is 18.0. The molecule has 10 nitrogen and oxygen atoms in total. The fraction of sp³-hybridized carbons (Fsp3) is 0.650. The third-order valence-electron chi connectivity index (χ3n) is 4.44. The Bertz CT molecular complexity index is 714. The molecule has 0 aromatic heterocycles. The van der Waals surface area contributed by atoms with E-state index in [9.17, 15) is 19.5 Å². The fourth-order valence-corrected chi connectivity index (χ4v) is 2.93. The predicted octanol–water partition coefficient (Wildman–Crippen LogP) is 1.61. The topological polar surface area (TPSA) is 126 Å². The van der Waals surface area contributed by atoms with E-state index in [0.29, 0.717) is 5.70 Å². The smallest absolute Gasteiger partial charge is 0.408 e. The minimum absolute atomic E-state index is 0.163. The van der Waals surface area contributed by atoms with Crippen molar-refractivity contribution in [3.63, 3.8) is 0 Å². The van der Waals surface area contributed by atoms with Gasteiger partial charge < -0.3 is 30.0 Å². The summed E-state index contributed by atoms with van der Waals surface area (Å²) in [5, 5.41) is 15.3. The molecule has 0 saturated carbocycles. The Morgan fingerprint density at radius 3 is 2.67 bits per heavy atom. The highest BCUT2D eigenvalue weighted by molar-refractivity contribution is 5.81.